The van der Waals surface area contributed by atoms with Crippen molar-refractivity contribution in [2.75, 3.05) is 50.8 Å². The van der Waals surface area contributed by atoms with Crippen molar-refractivity contribution in [2.24, 2.45) is 0 Å². The maximum absolute atomic E-state index is 15.6. The predicted molar refractivity (Wildman–Crippen MR) is 149 cm³/mol. The Bertz CT molecular complexity index is 1440. The van der Waals surface area contributed by atoms with Gasteiger partial charge in [0.1, 0.15) is 11.3 Å². The lowest BCUT2D eigenvalue weighted by atomic mass is 10.0. The molecule has 2 N–H and O–H groups in total. The molecule has 9 nitrogen and oxygen atoms in total. The van der Waals surface area contributed by atoms with E-state index in [2.05, 4.69) is 32.7 Å². The summed E-state index contributed by atoms with van der Waals surface area (Å²) in [4.78, 5) is 17.2. The van der Waals surface area contributed by atoms with Crippen molar-refractivity contribution in [3.8, 4) is 22.4 Å². The largest absolute Gasteiger partial charge is 0.394 e. The van der Waals surface area contributed by atoms with Crippen LogP contribution < -0.4 is 4.90 Å². The van der Waals surface area contributed by atoms with Crippen LogP contribution in [0.3, 0.4) is 0 Å². The molecule has 3 aromatic heterocycles. The molecule has 5 heterocycles. The van der Waals surface area contributed by atoms with E-state index in [4.69, 9.17) is 14.8 Å². The summed E-state index contributed by atoms with van der Waals surface area (Å²) in [5.74, 6) is -0.297. The van der Waals surface area contributed by atoms with Crippen molar-refractivity contribution < 1.29 is 14.2 Å². The number of rotatable bonds is 7. The number of hydrogen-bond donors (Lipinski definition) is 2. The zero-order chi connectivity index (χ0) is 26.9. The number of aryl methyl sites for hydroxylation is 1. The zero-order valence-electron chi connectivity index (χ0n) is 22.6. The van der Waals surface area contributed by atoms with Gasteiger partial charge in [-0.15, -0.1) is 0 Å². The minimum Gasteiger partial charge on any atom is -0.394 e. The molecule has 0 amide bonds. The number of H-pyrrole nitrogens is 1. The number of piperidine rings is 1. The minimum atomic E-state index is -0.309. The van der Waals surface area contributed by atoms with Crippen LogP contribution in [-0.4, -0.2) is 86.8 Å². The highest BCUT2D eigenvalue weighted by molar-refractivity contribution is 5.91. The fraction of sp³-hybridized carbons (Fsp3) is 0.483. The van der Waals surface area contributed by atoms with Gasteiger partial charge in [0.15, 0.2) is 5.65 Å². The molecule has 39 heavy (non-hydrogen) atoms. The molecular weight excluding hydrogens is 497 g/mol. The number of likely N-dealkylation sites (tertiary alicyclic amines) is 1. The average Bonchev–Trinajstić information content (AvgIpc) is 3.64. The lowest BCUT2D eigenvalue weighted by Crippen LogP contribution is -2.44. The number of morpholine rings is 1. The number of anilines is 1. The van der Waals surface area contributed by atoms with E-state index < -0.39 is 0 Å². The van der Waals surface area contributed by atoms with E-state index in [9.17, 15) is 5.11 Å². The number of hydrogen-bond acceptors (Lipinski definition) is 7. The monoisotopic (exact) mass is 533 g/mol. The van der Waals surface area contributed by atoms with E-state index in [-0.39, 0.29) is 18.5 Å². The standard InChI is InChI=1S/C29H36FN7O2/c1-3-19-11-20(12-25(30)28(19)36-9-10-39-23(17-36)18-38)26-15-32-29-27(34-26)24(14-31-29)21-13-33-37(16-21)22-5-7-35(4-2)8-6-22/h11-16,22-23,38H,3-10,17-18H2,1-2H3,(H,31,32). The van der Waals surface area contributed by atoms with Gasteiger partial charge >= 0.3 is 0 Å². The second-order valence-corrected chi connectivity index (χ2v) is 10.5. The molecule has 0 bridgehead atoms. The van der Waals surface area contributed by atoms with Crippen molar-refractivity contribution in [1.82, 2.24) is 29.6 Å². The molecule has 0 radical (unpaired) electrons. The number of aromatic nitrogens is 5. The van der Waals surface area contributed by atoms with E-state index in [1.807, 2.05) is 30.3 Å². The lowest BCUT2D eigenvalue weighted by molar-refractivity contribution is 0.00337. The first kappa shape index (κ1) is 25.9. The van der Waals surface area contributed by atoms with E-state index >= 15 is 4.39 Å². The van der Waals surface area contributed by atoms with Crippen LogP contribution >= 0.6 is 0 Å². The number of ether oxygens (including phenoxy) is 1. The van der Waals surface area contributed by atoms with Gasteiger partial charge in [0.25, 0.3) is 0 Å². The first-order chi connectivity index (χ1) is 19.1. The van der Waals surface area contributed by atoms with Crippen LogP contribution in [-0.2, 0) is 11.2 Å². The smallest absolute Gasteiger partial charge is 0.156 e. The van der Waals surface area contributed by atoms with E-state index in [0.29, 0.717) is 54.8 Å². The molecule has 0 spiro atoms. The van der Waals surface area contributed by atoms with Crippen LogP contribution in [0.2, 0.25) is 0 Å². The Morgan fingerprint density at radius 1 is 1.13 bits per heavy atom. The van der Waals surface area contributed by atoms with Crippen LogP contribution in [0.15, 0.2) is 36.9 Å². The molecule has 2 fully saturated rings. The Kier molecular flexibility index (Phi) is 7.33. The number of halogens is 1. The highest BCUT2D eigenvalue weighted by Crippen LogP contribution is 2.34. The molecule has 206 valence electrons. The molecule has 2 aliphatic rings. The Balaban J connectivity index is 1.30. The van der Waals surface area contributed by atoms with Crippen molar-refractivity contribution in [3.05, 3.63) is 48.3 Å². The molecule has 1 atom stereocenters. The molecule has 0 saturated carbocycles. The highest BCUT2D eigenvalue weighted by Gasteiger charge is 2.25. The summed E-state index contributed by atoms with van der Waals surface area (Å²) < 4.78 is 23.3. The summed E-state index contributed by atoms with van der Waals surface area (Å²) in [7, 11) is 0. The number of nitrogens with one attached hydrogen (secondary N) is 1. The molecule has 2 saturated heterocycles. The number of fused-ring (bicyclic) bond motifs is 1. The van der Waals surface area contributed by atoms with Crippen LogP contribution in [0.25, 0.3) is 33.5 Å². The van der Waals surface area contributed by atoms with Crippen molar-refractivity contribution in [3.63, 3.8) is 0 Å². The number of benzene rings is 1. The quantitative estimate of drug-likeness (QED) is 0.370. The van der Waals surface area contributed by atoms with E-state index in [1.54, 1.807) is 12.3 Å². The maximum atomic E-state index is 15.6. The normalized spacial score (nSPS) is 19.3. The third-order valence-corrected chi connectivity index (χ3v) is 8.15. The van der Waals surface area contributed by atoms with E-state index in [1.165, 1.54) is 0 Å². The van der Waals surface area contributed by atoms with Crippen molar-refractivity contribution >= 4 is 16.9 Å². The Labute approximate surface area is 227 Å². The van der Waals surface area contributed by atoms with E-state index in [0.717, 1.165) is 54.7 Å². The van der Waals surface area contributed by atoms with Gasteiger partial charge in [-0.1, -0.05) is 13.8 Å². The predicted octanol–water partition coefficient (Wildman–Crippen LogP) is 4.04. The molecule has 4 aromatic rings. The summed E-state index contributed by atoms with van der Waals surface area (Å²) in [6.07, 6.45) is 10.2. The zero-order valence-corrected chi connectivity index (χ0v) is 22.6. The summed E-state index contributed by atoms with van der Waals surface area (Å²) >= 11 is 0. The van der Waals surface area contributed by atoms with Gasteiger partial charge in [0.2, 0.25) is 0 Å². The topological polar surface area (TPSA) is 95.3 Å². The van der Waals surface area contributed by atoms with Gasteiger partial charge in [-0.3, -0.25) is 4.68 Å². The summed E-state index contributed by atoms with van der Waals surface area (Å²) in [5.41, 5.74) is 6.16. The fourth-order valence-electron chi connectivity index (χ4n) is 5.89. The first-order valence-corrected chi connectivity index (χ1v) is 14.0. The summed E-state index contributed by atoms with van der Waals surface area (Å²) in [6, 6.07) is 3.95. The van der Waals surface area contributed by atoms with Gasteiger partial charge < -0.3 is 24.6 Å². The second kappa shape index (κ2) is 11.0. The number of aromatic amines is 1. The van der Waals surface area contributed by atoms with Gasteiger partial charge in [-0.05, 0) is 43.5 Å². The number of aliphatic hydroxyl groups is 1. The Morgan fingerprint density at radius 3 is 2.74 bits per heavy atom. The van der Waals surface area contributed by atoms with Crippen LogP contribution in [0.1, 0.15) is 38.3 Å². The average molecular weight is 534 g/mol. The minimum absolute atomic E-state index is 0.0801. The molecule has 2 aliphatic heterocycles. The van der Waals surface area contributed by atoms with Crippen LogP contribution in [0.4, 0.5) is 10.1 Å². The summed E-state index contributed by atoms with van der Waals surface area (Å²) in [6.45, 7) is 8.95. The first-order valence-electron chi connectivity index (χ1n) is 14.0. The lowest BCUT2D eigenvalue weighted by Gasteiger charge is -2.35. The molecule has 1 aromatic carbocycles. The van der Waals surface area contributed by atoms with Gasteiger partial charge in [-0.2, -0.15) is 5.10 Å². The van der Waals surface area contributed by atoms with Crippen molar-refractivity contribution in [1.29, 1.82) is 0 Å². The number of nitrogens with zero attached hydrogens (tertiary/aromatic N) is 6. The van der Waals surface area contributed by atoms with Crippen molar-refractivity contribution in [2.45, 2.75) is 45.3 Å². The Morgan fingerprint density at radius 2 is 1.97 bits per heavy atom. The third-order valence-electron chi connectivity index (χ3n) is 8.15. The van der Waals surface area contributed by atoms with Crippen LogP contribution in [0.5, 0.6) is 0 Å². The molecule has 6 rings (SSSR count). The fourth-order valence-corrected chi connectivity index (χ4v) is 5.89. The second-order valence-electron chi connectivity index (χ2n) is 10.5. The van der Waals surface area contributed by atoms with Crippen LogP contribution in [0, 0.1) is 5.82 Å². The summed E-state index contributed by atoms with van der Waals surface area (Å²) in [5, 5.41) is 14.2. The maximum Gasteiger partial charge on any atom is 0.156 e. The molecule has 10 heteroatoms. The molecular formula is C29H36FN7O2. The molecule has 1 unspecified atom stereocenters. The Hall–Kier alpha value is -3.34. The highest BCUT2D eigenvalue weighted by atomic mass is 19.1. The SMILES string of the molecule is CCc1cc(-c2cnc3[nH]cc(-c4cnn(C5CCN(CC)CC5)c4)c3n2)cc(F)c1N1CCOC(CO)C1. The van der Waals surface area contributed by atoms with Gasteiger partial charge in [0.05, 0.1) is 49.1 Å². The van der Waals surface area contributed by atoms with Gasteiger partial charge in [-0.25, -0.2) is 14.4 Å². The third kappa shape index (κ3) is 5.04. The molecule has 0 aliphatic carbocycles. The van der Waals surface area contributed by atoms with Gasteiger partial charge in [0, 0.05) is 55.3 Å². The number of aliphatic hydroxyl groups excluding tert-OH is 1.